The molecule has 0 saturated heterocycles. The Balaban J connectivity index is 2.49. The van der Waals surface area contributed by atoms with E-state index in [2.05, 4.69) is 6.07 Å². The van der Waals surface area contributed by atoms with Crippen molar-refractivity contribution in [2.75, 3.05) is 0 Å². The number of hydrogen-bond donors (Lipinski definition) is 0. The van der Waals surface area contributed by atoms with Gasteiger partial charge >= 0.3 is 0 Å². The van der Waals surface area contributed by atoms with Crippen molar-refractivity contribution in [1.29, 1.82) is 10.5 Å². The Hall–Kier alpha value is -2.26. The lowest BCUT2D eigenvalue weighted by Gasteiger charge is -2.02. The van der Waals surface area contributed by atoms with Crippen molar-refractivity contribution in [1.82, 2.24) is 0 Å². The van der Waals surface area contributed by atoms with Crippen LogP contribution >= 0.6 is 23.2 Å². The van der Waals surface area contributed by atoms with E-state index in [4.69, 9.17) is 28.5 Å². The molecule has 0 aliphatic carbocycles. The van der Waals surface area contributed by atoms with E-state index in [0.29, 0.717) is 32.3 Å². The molecule has 0 bridgehead atoms. The Morgan fingerprint density at radius 1 is 1.05 bits per heavy atom. The number of nitrogens with zero attached hydrogens (tertiary/aromatic N) is 2. The normalized spacial score (nSPS) is 10.7. The van der Waals surface area contributed by atoms with Gasteiger partial charge in [-0.05, 0) is 41.5 Å². The monoisotopic (exact) mass is 298 g/mol. The van der Waals surface area contributed by atoms with Gasteiger partial charge in [-0.1, -0.05) is 41.4 Å². The Morgan fingerprint density at radius 3 is 2.50 bits per heavy atom. The quantitative estimate of drug-likeness (QED) is 0.583. The van der Waals surface area contributed by atoms with Gasteiger partial charge in [0.2, 0.25) is 0 Å². The van der Waals surface area contributed by atoms with Crippen molar-refractivity contribution in [2.24, 2.45) is 0 Å². The molecule has 96 valence electrons. The molecule has 0 unspecified atom stereocenters. The van der Waals surface area contributed by atoms with E-state index in [0.717, 1.165) is 0 Å². The SMILES string of the molecule is N#C/C(=C/c1ccc(Cl)cc1Cl)c1cccc(C#N)c1. The molecule has 0 spiro atoms. The van der Waals surface area contributed by atoms with Crippen molar-refractivity contribution < 1.29 is 0 Å². The minimum Gasteiger partial charge on any atom is -0.192 e. The maximum absolute atomic E-state index is 9.28. The van der Waals surface area contributed by atoms with Crippen molar-refractivity contribution in [3.8, 4) is 12.1 Å². The summed E-state index contributed by atoms with van der Waals surface area (Å²) in [5.41, 5.74) is 2.32. The van der Waals surface area contributed by atoms with Gasteiger partial charge in [0.25, 0.3) is 0 Å². The zero-order valence-electron chi connectivity index (χ0n) is 10.3. The van der Waals surface area contributed by atoms with Crippen LogP contribution in [0.1, 0.15) is 16.7 Å². The van der Waals surface area contributed by atoms with E-state index in [-0.39, 0.29) is 0 Å². The molecule has 0 N–H and O–H groups in total. The molecule has 4 heteroatoms. The highest BCUT2D eigenvalue weighted by molar-refractivity contribution is 6.35. The van der Waals surface area contributed by atoms with Gasteiger partial charge in [-0.3, -0.25) is 0 Å². The van der Waals surface area contributed by atoms with Gasteiger partial charge in [0.1, 0.15) is 0 Å². The lowest BCUT2D eigenvalue weighted by molar-refractivity contribution is 1.47. The van der Waals surface area contributed by atoms with Gasteiger partial charge in [0, 0.05) is 10.0 Å². The van der Waals surface area contributed by atoms with Gasteiger partial charge in [-0.15, -0.1) is 0 Å². The minimum absolute atomic E-state index is 0.436. The molecule has 0 heterocycles. The highest BCUT2D eigenvalue weighted by Gasteiger charge is 2.05. The minimum atomic E-state index is 0.436. The van der Waals surface area contributed by atoms with Crippen LogP contribution in [0, 0.1) is 22.7 Å². The van der Waals surface area contributed by atoms with Crippen molar-refractivity contribution in [3.05, 3.63) is 69.2 Å². The smallest absolute Gasteiger partial charge is 0.0998 e. The fourth-order valence-electron chi connectivity index (χ4n) is 1.71. The lowest BCUT2D eigenvalue weighted by Crippen LogP contribution is -1.85. The number of benzene rings is 2. The summed E-state index contributed by atoms with van der Waals surface area (Å²) in [5.74, 6) is 0. The van der Waals surface area contributed by atoms with E-state index in [1.54, 1.807) is 48.5 Å². The first-order valence-electron chi connectivity index (χ1n) is 5.71. The molecule has 2 nitrogen and oxygen atoms in total. The molecule has 0 amide bonds. The van der Waals surface area contributed by atoms with E-state index < -0.39 is 0 Å². The third-order valence-electron chi connectivity index (χ3n) is 2.69. The van der Waals surface area contributed by atoms with Crippen LogP contribution in [-0.2, 0) is 0 Å². The molecule has 2 rings (SSSR count). The molecule has 0 atom stereocenters. The van der Waals surface area contributed by atoms with E-state index >= 15 is 0 Å². The molecular formula is C16H8Cl2N2. The van der Waals surface area contributed by atoms with E-state index in [1.165, 1.54) is 0 Å². The molecule has 0 saturated carbocycles. The lowest BCUT2D eigenvalue weighted by atomic mass is 10.0. The van der Waals surface area contributed by atoms with Crippen LogP contribution < -0.4 is 0 Å². The van der Waals surface area contributed by atoms with Crippen LogP contribution in [0.3, 0.4) is 0 Å². The topological polar surface area (TPSA) is 47.6 Å². The van der Waals surface area contributed by atoms with Crippen LogP contribution in [0.5, 0.6) is 0 Å². The van der Waals surface area contributed by atoms with Crippen LogP contribution in [0.2, 0.25) is 10.0 Å². The zero-order chi connectivity index (χ0) is 14.5. The van der Waals surface area contributed by atoms with E-state index in [9.17, 15) is 5.26 Å². The van der Waals surface area contributed by atoms with Crippen LogP contribution in [0.25, 0.3) is 11.6 Å². The largest absolute Gasteiger partial charge is 0.192 e. The Labute approximate surface area is 127 Å². The molecule has 0 aliphatic rings. The summed E-state index contributed by atoms with van der Waals surface area (Å²) in [6.07, 6.45) is 1.68. The predicted octanol–water partition coefficient (Wildman–Crippen LogP) is 4.93. The molecule has 2 aromatic rings. The maximum Gasteiger partial charge on any atom is 0.0998 e. The average molecular weight is 299 g/mol. The molecule has 2 aromatic carbocycles. The zero-order valence-corrected chi connectivity index (χ0v) is 11.8. The first-order valence-corrected chi connectivity index (χ1v) is 6.47. The maximum atomic E-state index is 9.28. The molecular weight excluding hydrogens is 291 g/mol. The van der Waals surface area contributed by atoms with E-state index in [1.807, 2.05) is 6.07 Å². The summed E-state index contributed by atoms with van der Waals surface area (Å²) in [4.78, 5) is 0. The molecule has 0 aliphatic heterocycles. The third-order valence-corrected chi connectivity index (χ3v) is 3.25. The van der Waals surface area contributed by atoms with Gasteiger partial charge < -0.3 is 0 Å². The van der Waals surface area contributed by atoms with Crippen molar-refractivity contribution in [2.45, 2.75) is 0 Å². The number of hydrogen-bond acceptors (Lipinski definition) is 2. The Kier molecular flexibility index (Phi) is 4.43. The van der Waals surface area contributed by atoms with Crippen LogP contribution in [0.4, 0.5) is 0 Å². The number of nitriles is 2. The third kappa shape index (κ3) is 3.19. The summed E-state index contributed by atoms with van der Waals surface area (Å²) in [6.45, 7) is 0. The number of allylic oxidation sites excluding steroid dienone is 1. The first-order chi connectivity index (χ1) is 9.63. The van der Waals surface area contributed by atoms with Gasteiger partial charge in [-0.25, -0.2) is 0 Å². The van der Waals surface area contributed by atoms with Crippen molar-refractivity contribution >= 4 is 34.9 Å². The second-order valence-electron chi connectivity index (χ2n) is 4.03. The van der Waals surface area contributed by atoms with Gasteiger partial charge in [-0.2, -0.15) is 10.5 Å². The highest BCUT2D eigenvalue weighted by atomic mass is 35.5. The van der Waals surface area contributed by atoms with Crippen LogP contribution in [-0.4, -0.2) is 0 Å². The Morgan fingerprint density at radius 2 is 1.85 bits per heavy atom. The van der Waals surface area contributed by atoms with Crippen molar-refractivity contribution in [3.63, 3.8) is 0 Å². The predicted molar refractivity (Wildman–Crippen MR) is 81.1 cm³/mol. The fourth-order valence-corrected chi connectivity index (χ4v) is 2.17. The summed E-state index contributed by atoms with van der Waals surface area (Å²) >= 11 is 11.9. The summed E-state index contributed by atoms with van der Waals surface area (Å²) in [6, 6.07) is 16.1. The van der Waals surface area contributed by atoms with Crippen LogP contribution in [0.15, 0.2) is 42.5 Å². The summed E-state index contributed by atoms with van der Waals surface area (Å²) < 4.78 is 0. The summed E-state index contributed by atoms with van der Waals surface area (Å²) in [7, 11) is 0. The summed E-state index contributed by atoms with van der Waals surface area (Å²) in [5, 5.41) is 19.2. The van der Waals surface area contributed by atoms with Gasteiger partial charge in [0.15, 0.2) is 0 Å². The molecule has 0 radical (unpaired) electrons. The second-order valence-corrected chi connectivity index (χ2v) is 4.87. The van der Waals surface area contributed by atoms with Gasteiger partial charge in [0.05, 0.1) is 23.3 Å². The molecule has 0 fully saturated rings. The fraction of sp³-hybridized carbons (Fsp3) is 0. The highest BCUT2D eigenvalue weighted by Crippen LogP contribution is 2.25. The molecule has 0 aromatic heterocycles. The first kappa shape index (κ1) is 14.2. The molecule has 20 heavy (non-hydrogen) atoms. The standard InChI is InChI=1S/C16H8Cl2N2/c17-15-5-4-13(16(18)8-15)7-14(10-20)12-3-1-2-11(6-12)9-19/h1-8H/b14-7-. The average Bonchev–Trinajstić information content (AvgIpc) is 2.46. The number of halogens is 2. The second kappa shape index (κ2) is 6.26. The Bertz CT molecular complexity index is 765. The number of rotatable bonds is 2.